The van der Waals surface area contributed by atoms with Crippen molar-refractivity contribution in [2.45, 2.75) is 39.7 Å². The number of fused-ring (bicyclic) bond motifs is 4. The highest BCUT2D eigenvalue weighted by atomic mass is 16.5. The fraction of sp³-hybridized carbons (Fsp3) is 0.636. The van der Waals surface area contributed by atoms with Crippen molar-refractivity contribution in [3.05, 3.63) is 24.3 Å². The number of anilines is 1. The summed E-state index contributed by atoms with van der Waals surface area (Å²) in [4.78, 5) is 19.1. The van der Waals surface area contributed by atoms with Gasteiger partial charge in [-0.3, -0.25) is 0 Å². The minimum Gasteiger partial charge on any atom is -0.494 e. The first-order chi connectivity index (χ1) is 13.4. The molecule has 0 aliphatic carbocycles. The van der Waals surface area contributed by atoms with Crippen molar-refractivity contribution in [2.24, 2.45) is 11.3 Å². The molecule has 3 fully saturated rings. The maximum atomic E-state index is 13.0. The molecule has 6 nitrogen and oxygen atoms in total. The van der Waals surface area contributed by atoms with Gasteiger partial charge < -0.3 is 19.4 Å². The molecule has 4 rings (SSSR count). The van der Waals surface area contributed by atoms with Gasteiger partial charge in [-0.25, -0.2) is 4.79 Å². The van der Waals surface area contributed by atoms with E-state index in [1.165, 1.54) is 5.69 Å². The van der Waals surface area contributed by atoms with Crippen LogP contribution in [0.1, 0.15) is 33.6 Å². The van der Waals surface area contributed by atoms with Gasteiger partial charge in [-0.05, 0) is 48.9 Å². The Morgan fingerprint density at radius 2 is 2.00 bits per heavy atom. The maximum absolute atomic E-state index is 13.0. The second kappa shape index (κ2) is 8.30. The Morgan fingerprint density at radius 3 is 2.64 bits per heavy atom. The Balaban J connectivity index is 1.81. The quantitative estimate of drug-likeness (QED) is 0.778. The normalized spacial score (nSPS) is 23.1. The van der Waals surface area contributed by atoms with Gasteiger partial charge in [-0.2, -0.15) is 5.26 Å². The van der Waals surface area contributed by atoms with Gasteiger partial charge in [0.25, 0.3) is 0 Å². The van der Waals surface area contributed by atoms with Crippen molar-refractivity contribution in [1.82, 2.24) is 9.80 Å². The molecular weight excluding hydrogens is 352 g/mol. The lowest BCUT2D eigenvalue weighted by Gasteiger charge is -2.48. The molecule has 2 amide bonds. The molecular formula is C22H32N4O2. The van der Waals surface area contributed by atoms with Gasteiger partial charge in [-0.15, -0.1) is 0 Å². The summed E-state index contributed by atoms with van der Waals surface area (Å²) in [6.07, 6.45) is 1.49. The van der Waals surface area contributed by atoms with Gasteiger partial charge in [-0.1, -0.05) is 13.8 Å². The highest BCUT2D eigenvalue weighted by Crippen LogP contribution is 2.43. The van der Waals surface area contributed by atoms with E-state index in [2.05, 4.69) is 36.9 Å². The minimum absolute atomic E-state index is 0.0384. The van der Waals surface area contributed by atoms with E-state index in [9.17, 15) is 4.79 Å². The Hall–Kier alpha value is -2.42. The molecule has 0 saturated carbocycles. The molecule has 3 saturated heterocycles. The zero-order valence-corrected chi connectivity index (χ0v) is 17.5. The molecule has 152 valence electrons. The number of carbonyl (C=O) groups is 1. The van der Waals surface area contributed by atoms with Crippen molar-refractivity contribution in [1.29, 1.82) is 5.26 Å². The molecule has 2 bridgehead atoms. The summed E-state index contributed by atoms with van der Waals surface area (Å²) in [6, 6.07) is 10.7. The first-order valence-electron chi connectivity index (χ1n) is 10.2. The number of amides is 2. The SMILES string of the molecule is CCOc1ccc(N2C[C@H]3CN(C(=O)N(C)CCC#N)CC2C(C)(C)C3)cc1. The van der Waals surface area contributed by atoms with Crippen LogP contribution in [0.15, 0.2) is 24.3 Å². The molecule has 0 spiro atoms. The van der Waals surface area contributed by atoms with E-state index in [-0.39, 0.29) is 17.5 Å². The van der Waals surface area contributed by atoms with Crippen LogP contribution in [0.5, 0.6) is 5.75 Å². The predicted molar refractivity (Wildman–Crippen MR) is 110 cm³/mol. The number of hydrogen-bond acceptors (Lipinski definition) is 4. The standard InChI is InChI=1S/C22H32N4O2/c1-5-28-19-9-7-18(8-10-19)26-15-17-13-22(2,3)20(26)16-25(14-17)21(27)24(4)12-6-11-23/h7-10,17,20H,5-6,12-16H2,1-4H3/t17-,20?/m1/s1. The summed E-state index contributed by atoms with van der Waals surface area (Å²) in [5, 5.41) is 8.81. The van der Waals surface area contributed by atoms with E-state index >= 15 is 0 Å². The van der Waals surface area contributed by atoms with Gasteiger partial charge in [0.2, 0.25) is 0 Å². The molecule has 0 radical (unpaired) electrons. The summed E-state index contributed by atoms with van der Waals surface area (Å²) in [6.45, 7) is 10.2. The van der Waals surface area contributed by atoms with Gasteiger partial charge in [0.15, 0.2) is 0 Å². The molecule has 1 aromatic carbocycles. The topological polar surface area (TPSA) is 59.8 Å². The van der Waals surface area contributed by atoms with E-state index in [0.717, 1.165) is 25.3 Å². The first kappa shape index (κ1) is 20.3. The summed E-state index contributed by atoms with van der Waals surface area (Å²) < 4.78 is 5.58. The summed E-state index contributed by atoms with van der Waals surface area (Å²) in [5.74, 6) is 1.33. The predicted octanol–water partition coefficient (Wildman–Crippen LogP) is 3.59. The molecule has 1 aromatic rings. The van der Waals surface area contributed by atoms with Crippen molar-refractivity contribution in [3.63, 3.8) is 0 Å². The highest BCUT2D eigenvalue weighted by Gasteiger charge is 2.47. The number of carbonyl (C=O) groups excluding carboxylic acids is 1. The van der Waals surface area contributed by atoms with Gasteiger partial charge in [0, 0.05) is 38.9 Å². The van der Waals surface area contributed by atoms with Crippen LogP contribution in [0.25, 0.3) is 0 Å². The molecule has 0 N–H and O–H groups in total. The molecule has 3 aliphatic heterocycles. The van der Waals surface area contributed by atoms with Crippen molar-refractivity contribution in [3.8, 4) is 11.8 Å². The second-order valence-corrected chi connectivity index (χ2v) is 8.67. The zero-order valence-electron chi connectivity index (χ0n) is 17.5. The molecule has 28 heavy (non-hydrogen) atoms. The maximum Gasteiger partial charge on any atom is 0.319 e. The Kier molecular flexibility index (Phi) is 6.02. The van der Waals surface area contributed by atoms with Gasteiger partial charge in [0.05, 0.1) is 25.1 Å². The van der Waals surface area contributed by atoms with Crippen LogP contribution in [0, 0.1) is 22.7 Å². The largest absolute Gasteiger partial charge is 0.494 e. The number of rotatable bonds is 5. The van der Waals surface area contributed by atoms with Crippen molar-refractivity contribution < 1.29 is 9.53 Å². The number of urea groups is 1. The van der Waals surface area contributed by atoms with Gasteiger partial charge in [0.1, 0.15) is 5.75 Å². The van der Waals surface area contributed by atoms with Gasteiger partial charge >= 0.3 is 6.03 Å². The zero-order chi connectivity index (χ0) is 20.3. The molecule has 6 heteroatoms. The summed E-state index contributed by atoms with van der Waals surface area (Å²) in [5.41, 5.74) is 1.32. The summed E-state index contributed by atoms with van der Waals surface area (Å²) in [7, 11) is 1.79. The van der Waals surface area contributed by atoms with Crippen LogP contribution in [0.2, 0.25) is 0 Å². The van der Waals surface area contributed by atoms with Crippen molar-refractivity contribution >= 4 is 11.7 Å². The fourth-order valence-electron chi connectivity index (χ4n) is 4.73. The smallest absolute Gasteiger partial charge is 0.319 e. The van der Waals surface area contributed by atoms with Crippen LogP contribution in [-0.2, 0) is 0 Å². The number of benzene rings is 1. The number of ether oxygens (including phenoxy) is 1. The average molecular weight is 385 g/mol. The number of piperidine rings is 1. The third-order valence-corrected chi connectivity index (χ3v) is 6.06. The Labute approximate surface area is 168 Å². The molecule has 2 atom stereocenters. The average Bonchev–Trinajstić information content (AvgIpc) is 2.93. The molecule has 3 heterocycles. The molecule has 0 aromatic heterocycles. The number of nitriles is 1. The highest BCUT2D eigenvalue weighted by molar-refractivity contribution is 5.74. The fourth-order valence-corrected chi connectivity index (χ4v) is 4.73. The van der Waals surface area contributed by atoms with E-state index in [4.69, 9.17) is 10.00 Å². The molecule has 1 unspecified atom stereocenters. The Bertz CT molecular complexity index is 725. The summed E-state index contributed by atoms with van der Waals surface area (Å²) >= 11 is 0. The van der Waals surface area contributed by atoms with Crippen LogP contribution < -0.4 is 9.64 Å². The first-order valence-corrected chi connectivity index (χ1v) is 10.2. The second-order valence-electron chi connectivity index (χ2n) is 8.67. The lowest BCUT2D eigenvalue weighted by atomic mass is 9.73. The Morgan fingerprint density at radius 1 is 1.29 bits per heavy atom. The van der Waals surface area contributed by atoms with Crippen LogP contribution >= 0.6 is 0 Å². The van der Waals surface area contributed by atoms with Crippen LogP contribution in [0.4, 0.5) is 10.5 Å². The minimum atomic E-state index is 0.0384. The lowest BCUT2D eigenvalue weighted by Crippen LogP contribution is -2.54. The van der Waals surface area contributed by atoms with E-state index in [0.29, 0.717) is 32.0 Å². The van der Waals surface area contributed by atoms with E-state index < -0.39 is 0 Å². The third kappa shape index (κ3) is 4.19. The van der Waals surface area contributed by atoms with Crippen LogP contribution in [0.3, 0.4) is 0 Å². The third-order valence-electron chi connectivity index (χ3n) is 6.06. The lowest BCUT2D eigenvalue weighted by molar-refractivity contribution is 0.160. The van der Waals surface area contributed by atoms with E-state index in [1.807, 2.05) is 24.0 Å². The number of hydrogen-bond donors (Lipinski definition) is 0. The van der Waals surface area contributed by atoms with E-state index in [1.54, 1.807) is 11.9 Å². The van der Waals surface area contributed by atoms with Crippen molar-refractivity contribution in [2.75, 3.05) is 44.7 Å². The monoisotopic (exact) mass is 384 g/mol. The van der Waals surface area contributed by atoms with Crippen LogP contribution in [-0.4, -0.2) is 61.7 Å². The molecule has 3 aliphatic rings. The number of nitrogens with zero attached hydrogens (tertiary/aromatic N) is 4.